The van der Waals surface area contributed by atoms with Gasteiger partial charge in [-0.25, -0.2) is 0 Å². The van der Waals surface area contributed by atoms with Crippen LogP contribution in [0, 0.1) is 6.92 Å². The number of pyridine rings is 1. The normalized spacial score (nSPS) is 22.9. The Morgan fingerprint density at radius 2 is 2.07 bits per heavy atom. The van der Waals surface area contributed by atoms with E-state index in [2.05, 4.69) is 47.0 Å². The van der Waals surface area contributed by atoms with Crippen LogP contribution in [0.1, 0.15) is 42.1 Å². The topological polar surface area (TPSA) is 45.7 Å². The predicted molar refractivity (Wildman–Crippen MR) is 106 cm³/mol. The number of aromatic nitrogens is 1. The molecule has 142 valence electrons. The summed E-state index contributed by atoms with van der Waals surface area (Å²) in [6.07, 6.45) is 4.34. The third-order valence-electron chi connectivity index (χ3n) is 5.82. The first-order chi connectivity index (χ1) is 13.0. The van der Waals surface area contributed by atoms with E-state index in [0.29, 0.717) is 18.5 Å². The number of likely N-dealkylation sites (N-methyl/N-ethyl adjacent to an activating group) is 1. The summed E-state index contributed by atoms with van der Waals surface area (Å²) in [4.78, 5) is 20.7. The lowest BCUT2D eigenvalue weighted by molar-refractivity contribution is -0.146. The number of anilines is 1. The van der Waals surface area contributed by atoms with Gasteiger partial charge in [-0.05, 0) is 56.3 Å². The summed E-state index contributed by atoms with van der Waals surface area (Å²) in [5.41, 5.74) is 5.01. The molecule has 0 aliphatic carbocycles. The fourth-order valence-corrected chi connectivity index (χ4v) is 4.59. The predicted octanol–water partition coefficient (Wildman–Crippen LogP) is 3.30. The lowest BCUT2D eigenvalue weighted by atomic mass is 9.88. The number of esters is 1. The Balaban J connectivity index is 1.68. The van der Waals surface area contributed by atoms with Gasteiger partial charge in [0.1, 0.15) is 6.10 Å². The van der Waals surface area contributed by atoms with Crippen molar-refractivity contribution in [1.82, 2.24) is 9.88 Å². The van der Waals surface area contributed by atoms with E-state index in [1.807, 2.05) is 12.1 Å². The molecule has 4 rings (SSSR count). The van der Waals surface area contributed by atoms with Crippen molar-refractivity contribution in [2.75, 3.05) is 31.6 Å². The molecule has 0 radical (unpaired) electrons. The number of hydrogen-bond acceptors (Lipinski definition) is 5. The highest BCUT2D eigenvalue weighted by Crippen LogP contribution is 2.45. The van der Waals surface area contributed by atoms with E-state index in [1.165, 1.54) is 23.7 Å². The first-order valence-corrected chi connectivity index (χ1v) is 9.66. The Labute approximate surface area is 161 Å². The number of ether oxygens (including phenoxy) is 1. The number of fused-ring (bicyclic) bond motifs is 3. The molecule has 0 N–H and O–H groups in total. The van der Waals surface area contributed by atoms with Gasteiger partial charge in [0.05, 0.1) is 6.54 Å². The molecule has 5 heteroatoms. The molecule has 0 bridgehead atoms. The summed E-state index contributed by atoms with van der Waals surface area (Å²) in [5.74, 6) is 0.258. The molecule has 2 aliphatic rings. The number of hydrogen-bond donors (Lipinski definition) is 0. The highest BCUT2D eigenvalue weighted by molar-refractivity contribution is 5.67. The summed E-state index contributed by atoms with van der Waals surface area (Å²) in [7, 11) is 2.20. The number of carbonyl (C=O) groups is 1. The third-order valence-corrected chi connectivity index (χ3v) is 5.82. The van der Waals surface area contributed by atoms with Crippen molar-refractivity contribution < 1.29 is 9.53 Å². The Hall–Kier alpha value is -2.40. The zero-order valence-corrected chi connectivity index (χ0v) is 16.3. The molecule has 3 heterocycles. The van der Waals surface area contributed by atoms with Crippen LogP contribution >= 0.6 is 0 Å². The van der Waals surface area contributed by atoms with Crippen molar-refractivity contribution in [3.05, 3.63) is 59.4 Å². The van der Waals surface area contributed by atoms with E-state index in [0.717, 1.165) is 25.1 Å². The van der Waals surface area contributed by atoms with Gasteiger partial charge in [0.15, 0.2) is 0 Å². The van der Waals surface area contributed by atoms with Gasteiger partial charge in [-0.2, -0.15) is 0 Å². The van der Waals surface area contributed by atoms with Crippen molar-refractivity contribution in [1.29, 1.82) is 0 Å². The van der Waals surface area contributed by atoms with Gasteiger partial charge in [-0.1, -0.05) is 17.7 Å². The highest BCUT2D eigenvalue weighted by Gasteiger charge is 2.42. The van der Waals surface area contributed by atoms with E-state index in [-0.39, 0.29) is 12.1 Å². The molecule has 5 nitrogen and oxygen atoms in total. The molecule has 3 unspecified atom stereocenters. The average molecular weight is 365 g/mol. The average Bonchev–Trinajstić information content (AvgIpc) is 2.94. The molecule has 3 atom stereocenters. The van der Waals surface area contributed by atoms with Crippen molar-refractivity contribution >= 4 is 11.7 Å². The number of likely N-dealkylation sites (tertiary alicyclic amines) is 1. The Morgan fingerprint density at radius 3 is 2.81 bits per heavy atom. The van der Waals surface area contributed by atoms with Gasteiger partial charge in [-0.15, -0.1) is 0 Å². The smallest absolute Gasteiger partial charge is 0.303 e. The van der Waals surface area contributed by atoms with E-state index < -0.39 is 0 Å². The standard InChI is InChI=1S/C22H27N3O2/c1-15-4-5-20-18(12-15)19-13-24(3)11-8-21(19)25(20)14-22(27-16(2)26)17-6-9-23-10-7-17/h4-7,9-10,12,19,21-22H,8,11,13-14H2,1-3H3. The lowest BCUT2D eigenvalue weighted by Gasteiger charge is -2.38. The second-order valence-corrected chi connectivity index (χ2v) is 7.82. The molecule has 2 aromatic rings. The van der Waals surface area contributed by atoms with Gasteiger partial charge < -0.3 is 14.5 Å². The van der Waals surface area contributed by atoms with E-state index in [1.54, 1.807) is 12.4 Å². The number of aryl methyl sites for hydroxylation is 1. The zero-order chi connectivity index (χ0) is 19.0. The van der Waals surface area contributed by atoms with E-state index in [4.69, 9.17) is 4.74 Å². The van der Waals surface area contributed by atoms with Crippen LogP contribution in [0.25, 0.3) is 0 Å². The Bertz CT molecular complexity index is 824. The second kappa shape index (κ2) is 7.31. The van der Waals surface area contributed by atoms with Crippen molar-refractivity contribution in [2.24, 2.45) is 0 Å². The second-order valence-electron chi connectivity index (χ2n) is 7.82. The lowest BCUT2D eigenvalue weighted by Crippen LogP contribution is -2.46. The van der Waals surface area contributed by atoms with Crippen LogP contribution in [0.3, 0.4) is 0 Å². The number of nitrogens with zero attached hydrogens (tertiary/aromatic N) is 3. The molecule has 0 amide bonds. The van der Waals surface area contributed by atoms with Gasteiger partial charge in [0.25, 0.3) is 0 Å². The van der Waals surface area contributed by atoms with Crippen molar-refractivity contribution in [3.63, 3.8) is 0 Å². The van der Waals surface area contributed by atoms with Crippen LogP contribution in [0.15, 0.2) is 42.7 Å². The molecule has 1 saturated heterocycles. The van der Waals surface area contributed by atoms with Gasteiger partial charge in [-0.3, -0.25) is 9.78 Å². The molecule has 0 saturated carbocycles. The zero-order valence-electron chi connectivity index (χ0n) is 16.3. The Morgan fingerprint density at radius 1 is 1.30 bits per heavy atom. The Kier molecular flexibility index (Phi) is 4.87. The van der Waals surface area contributed by atoms with E-state index >= 15 is 0 Å². The summed E-state index contributed by atoms with van der Waals surface area (Å²) in [6.45, 7) is 6.48. The molecule has 1 aromatic carbocycles. The number of piperidine rings is 1. The molecule has 0 spiro atoms. The summed E-state index contributed by atoms with van der Waals surface area (Å²) >= 11 is 0. The van der Waals surface area contributed by atoms with Crippen LogP contribution in [0.2, 0.25) is 0 Å². The summed E-state index contributed by atoms with van der Waals surface area (Å²) in [5, 5.41) is 0. The highest BCUT2D eigenvalue weighted by atomic mass is 16.5. The maximum Gasteiger partial charge on any atom is 0.303 e. The minimum absolute atomic E-state index is 0.250. The molecular weight excluding hydrogens is 338 g/mol. The number of carbonyl (C=O) groups excluding carboxylic acids is 1. The third kappa shape index (κ3) is 3.56. The van der Waals surface area contributed by atoms with Gasteiger partial charge >= 0.3 is 5.97 Å². The van der Waals surface area contributed by atoms with Crippen LogP contribution in [-0.4, -0.2) is 48.6 Å². The van der Waals surface area contributed by atoms with Crippen molar-refractivity contribution in [2.45, 2.75) is 38.3 Å². The maximum absolute atomic E-state index is 11.8. The quantitative estimate of drug-likeness (QED) is 0.778. The first kappa shape index (κ1) is 18.0. The fourth-order valence-electron chi connectivity index (χ4n) is 4.59. The molecule has 27 heavy (non-hydrogen) atoms. The monoisotopic (exact) mass is 365 g/mol. The number of rotatable bonds is 4. The maximum atomic E-state index is 11.8. The largest absolute Gasteiger partial charge is 0.456 e. The van der Waals surface area contributed by atoms with Gasteiger partial charge in [0, 0.05) is 43.5 Å². The molecule has 2 aliphatic heterocycles. The minimum atomic E-state index is -0.293. The fraction of sp³-hybridized carbons (Fsp3) is 0.455. The molecule has 1 aromatic heterocycles. The van der Waals surface area contributed by atoms with Gasteiger partial charge in [0.2, 0.25) is 0 Å². The van der Waals surface area contributed by atoms with Crippen LogP contribution < -0.4 is 4.90 Å². The minimum Gasteiger partial charge on any atom is -0.456 e. The number of benzene rings is 1. The van der Waals surface area contributed by atoms with E-state index in [9.17, 15) is 4.79 Å². The molecule has 1 fully saturated rings. The summed E-state index contributed by atoms with van der Waals surface area (Å²) in [6, 6.07) is 11.1. The first-order valence-electron chi connectivity index (χ1n) is 9.66. The summed E-state index contributed by atoms with van der Waals surface area (Å²) < 4.78 is 5.72. The van der Waals surface area contributed by atoms with Crippen molar-refractivity contribution in [3.8, 4) is 0 Å². The van der Waals surface area contributed by atoms with Crippen LogP contribution in [-0.2, 0) is 9.53 Å². The van der Waals surface area contributed by atoms with Crippen LogP contribution in [0.5, 0.6) is 0 Å². The molecular formula is C22H27N3O2. The van der Waals surface area contributed by atoms with Crippen LogP contribution in [0.4, 0.5) is 5.69 Å². The SMILES string of the molecule is CC(=O)OC(CN1c2ccc(C)cc2C2CN(C)CCC21)c1ccncc1.